The number of hydrogen-bond donors (Lipinski definition) is 4. The number of rotatable bonds is 5. The molecule has 0 aliphatic rings. The van der Waals surface area contributed by atoms with Gasteiger partial charge in [0.15, 0.2) is 0 Å². The predicted octanol–water partition coefficient (Wildman–Crippen LogP) is 1.00. The van der Waals surface area contributed by atoms with Gasteiger partial charge in [-0.05, 0) is 19.1 Å². The Morgan fingerprint density at radius 1 is 1.26 bits per heavy atom. The first-order valence-electron chi connectivity index (χ1n) is 7.41. The molecule has 146 valence electrons. The van der Waals surface area contributed by atoms with Crippen molar-refractivity contribution >= 4 is 11.6 Å². The smallest absolute Gasteiger partial charge is 0.416 e. The maximum atomic E-state index is 13.3. The van der Waals surface area contributed by atoms with Gasteiger partial charge in [-0.15, -0.1) is 0 Å². The first-order valence-corrected chi connectivity index (χ1v) is 7.41. The van der Waals surface area contributed by atoms with Crippen molar-refractivity contribution in [3.8, 4) is 5.75 Å². The van der Waals surface area contributed by atoms with Gasteiger partial charge in [-0.1, -0.05) is 0 Å². The van der Waals surface area contributed by atoms with Crippen LogP contribution in [-0.2, 0) is 6.18 Å². The Bertz CT molecular complexity index is 968. The van der Waals surface area contributed by atoms with Gasteiger partial charge < -0.3 is 20.8 Å². The van der Waals surface area contributed by atoms with Gasteiger partial charge in [-0.2, -0.15) is 13.2 Å². The van der Waals surface area contributed by atoms with Gasteiger partial charge in [0.1, 0.15) is 29.6 Å². The van der Waals surface area contributed by atoms with Gasteiger partial charge in [-0.3, -0.25) is 14.6 Å². The number of alkyl halides is 3. The van der Waals surface area contributed by atoms with E-state index in [1.807, 2.05) is 4.98 Å². The minimum Gasteiger partial charge on any atom is -0.491 e. The molecule has 1 heterocycles. The summed E-state index contributed by atoms with van der Waals surface area (Å²) in [6.07, 6.45) is -4.75. The average Bonchev–Trinajstić information content (AvgIpc) is 2.55. The Balaban J connectivity index is 2.06. The normalized spacial score (nSPS) is 12.5. The number of nitrogens with one attached hydrogen (secondary N) is 3. The number of anilines is 1. The highest BCUT2D eigenvalue weighted by atomic mass is 19.4. The SMILES string of the molecule is CC(COc1cc(F)cc(C(F)(F)F)c1)NC(=O)c1[nH]c(=O)[nH]c(=O)c1N. The molecule has 1 amide bonds. The zero-order valence-corrected chi connectivity index (χ0v) is 13.7. The zero-order chi connectivity index (χ0) is 20.4. The lowest BCUT2D eigenvalue weighted by Crippen LogP contribution is -2.40. The molecule has 8 nitrogen and oxygen atoms in total. The molecule has 27 heavy (non-hydrogen) atoms. The number of amides is 1. The summed E-state index contributed by atoms with van der Waals surface area (Å²) in [6, 6.07) is 0.918. The number of halogens is 4. The van der Waals surface area contributed by atoms with Gasteiger partial charge in [0.05, 0.1) is 11.6 Å². The van der Waals surface area contributed by atoms with Crippen LogP contribution in [-0.4, -0.2) is 28.5 Å². The lowest BCUT2D eigenvalue weighted by molar-refractivity contribution is -0.137. The van der Waals surface area contributed by atoms with E-state index >= 15 is 0 Å². The Hall–Kier alpha value is -3.31. The van der Waals surface area contributed by atoms with Crippen LogP contribution in [0.25, 0.3) is 0 Å². The largest absolute Gasteiger partial charge is 0.491 e. The van der Waals surface area contributed by atoms with Crippen molar-refractivity contribution < 1.29 is 27.1 Å². The molecule has 2 rings (SSSR count). The second kappa shape index (κ2) is 7.51. The van der Waals surface area contributed by atoms with Crippen LogP contribution in [0.2, 0.25) is 0 Å². The van der Waals surface area contributed by atoms with Crippen LogP contribution in [0.4, 0.5) is 23.2 Å². The molecule has 0 spiro atoms. The molecule has 0 saturated heterocycles. The average molecular weight is 390 g/mol. The zero-order valence-electron chi connectivity index (χ0n) is 13.7. The molecule has 0 aliphatic carbocycles. The molecule has 0 fully saturated rings. The number of hydrogen-bond acceptors (Lipinski definition) is 5. The van der Waals surface area contributed by atoms with Crippen molar-refractivity contribution in [2.24, 2.45) is 0 Å². The second-order valence-electron chi connectivity index (χ2n) is 5.56. The third-order valence-corrected chi connectivity index (χ3v) is 3.28. The highest BCUT2D eigenvalue weighted by molar-refractivity contribution is 5.96. The summed E-state index contributed by atoms with van der Waals surface area (Å²) in [6.45, 7) is 1.11. The minimum atomic E-state index is -4.75. The minimum absolute atomic E-state index is 0.320. The molecule has 0 aliphatic heterocycles. The van der Waals surface area contributed by atoms with Crippen LogP contribution in [0, 0.1) is 5.82 Å². The maximum Gasteiger partial charge on any atom is 0.416 e. The number of ether oxygens (including phenoxy) is 1. The van der Waals surface area contributed by atoms with Crippen molar-refractivity contribution in [3.05, 3.63) is 56.1 Å². The van der Waals surface area contributed by atoms with Gasteiger partial charge >= 0.3 is 11.9 Å². The molecule has 1 aromatic carbocycles. The third-order valence-electron chi connectivity index (χ3n) is 3.28. The number of nitrogen functional groups attached to an aromatic ring is 1. The van der Waals surface area contributed by atoms with Crippen LogP contribution in [0.5, 0.6) is 5.75 Å². The molecule has 12 heteroatoms. The van der Waals surface area contributed by atoms with Gasteiger partial charge in [0.25, 0.3) is 11.5 Å². The van der Waals surface area contributed by atoms with Gasteiger partial charge in [-0.25, -0.2) is 9.18 Å². The first kappa shape index (κ1) is 20.0. The number of carbonyl (C=O) groups excluding carboxylic acids is 1. The molecule has 0 bridgehead atoms. The fourth-order valence-corrected chi connectivity index (χ4v) is 2.04. The number of H-pyrrole nitrogens is 2. The summed E-state index contributed by atoms with van der Waals surface area (Å²) >= 11 is 0. The molecule has 1 atom stereocenters. The summed E-state index contributed by atoms with van der Waals surface area (Å²) in [4.78, 5) is 38.5. The van der Waals surface area contributed by atoms with Crippen LogP contribution in [0.15, 0.2) is 27.8 Å². The summed E-state index contributed by atoms with van der Waals surface area (Å²) < 4.78 is 56.4. The van der Waals surface area contributed by atoms with E-state index in [1.165, 1.54) is 6.92 Å². The molecular formula is C15H14F4N4O4. The van der Waals surface area contributed by atoms with Gasteiger partial charge in [0, 0.05) is 6.07 Å². The van der Waals surface area contributed by atoms with Crippen LogP contribution in [0.3, 0.4) is 0 Å². The molecular weight excluding hydrogens is 376 g/mol. The Labute approximate surface area is 148 Å². The third kappa shape index (κ3) is 5.09. The summed E-state index contributed by atoms with van der Waals surface area (Å²) in [5, 5.41) is 2.34. The van der Waals surface area contributed by atoms with E-state index in [-0.39, 0.29) is 12.4 Å². The van der Waals surface area contributed by atoms with Gasteiger partial charge in [0.2, 0.25) is 0 Å². The molecule has 0 saturated carbocycles. The lowest BCUT2D eigenvalue weighted by Gasteiger charge is -2.16. The Morgan fingerprint density at radius 2 is 1.93 bits per heavy atom. The van der Waals surface area contributed by atoms with Crippen molar-refractivity contribution in [2.75, 3.05) is 12.3 Å². The van der Waals surface area contributed by atoms with E-state index in [0.29, 0.717) is 12.1 Å². The number of nitrogens with two attached hydrogens (primary N) is 1. The maximum absolute atomic E-state index is 13.3. The van der Waals surface area contributed by atoms with Crippen molar-refractivity contribution in [1.29, 1.82) is 0 Å². The van der Waals surface area contributed by atoms with E-state index in [1.54, 1.807) is 0 Å². The summed E-state index contributed by atoms with van der Waals surface area (Å²) in [7, 11) is 0. The number of aromatic nitrogens is 2. The van der Waals surface area contributed by atoms with E-state index in [2.05, 4.69) is 10.3 Å². The molecule has 2 aromatic rings. The van der Waals surface area contributed by atoms with Crippen LogP contribution >= 0.6 is 0 Å². The number of aromatic amines is 2. The molecule has 0 radical (unpaired) electrons. The molecule has 1 unspecified atom stereocenters. The molecule has 5 N–H and O–H groups in total. The van der Waals surface area contributed by atoms with Crippen molar-refractivity contribution in [1.82, 2.24) is 15.3 Å². The Kier molecular flexibility index (Phi) is 5.57. The number of benzene rings is 1. The van der Waals surface area contributed by atoms with Crippen LogP contribution < -0.4 is 27.0 Å². The van der Waals surface area contributed by atoms with Crippen molar-refractivity contribution in [2.45, 2.75) is 19.1 Å². The standard InChI is InChI=1S/C15H14F4N4O4/c1-6(21-13(25)11-10(20)12(24)23-14(26)22-11)5-27-9-3-7(15(17,18)19)2-8(16)4-9/h2-4,6H,5,20H2,1H3,(H,21,25)(H2,22,23,24,26). The topological polar surface area (TPSA) is 130 Å². The monoisotopic (exact) mass is 390 g/mol. The fourth-order valence-electron chi connectivity index (χ4n) is 2.04. The Morgan fingerprint density at radius 3 is 2.56 bits per heavy atom. The first-order chi connectivity index (χ1) is 12.5. The van der Waals surface area contributed by atoms with E-state index in [0.717, 1.165) is 6.07 Å². The predicted molar refractivity (Wildman–Crippen MR) is 85.9 cm³/mol. The molecule has 1 aromatic heterocycles. The van der Waals surface area contributed by atoms with E-state index < -0.39 is 52.1 Å². The lowest BCUT2D eigenvalue weighted by atomic mass is 10.2. The fraction of sp³-hybridized carbons (Fsp3) is 0.267. The van der Waals surface area contributed by atoms with Crippen LogP contribution in [0.1, 0.15) is 23.0 Å². The summed E-state index contributed by atoms with van der Waals surface area (Å²) in [5.74, 6) is -2.42. The number of carbonyl (C=O) groups is 1. The highest BCUT2D eigenvalue weighted by Gasteiger charge is 2.31. The second-order valence-corrected chi connectivity index (χ2v) is 5.56. The quantitative estimate of drug-likeness (QED) is 0.566. The summed E-state index contributed by atoms with van der Waals surface area (Å²) in [5.41, 5.74) is 1.31. The van der Waals surface area contributed by atoms with Crippen molar-refractivity contribution in [3.63, 3.8) is 0 Å². The van der Waals surface area contributed by atoms with E-state index in [4.69, 9.17) is 10.5 Å². The highest BCUT2D eigenvalue weighted by Crippen LogP contribution is 2.32. The van der Waals surface area contributed by atoms with E-state index in [9.17, 15) is 31.9 Å².